The van der Waals surface area contributed by atoms with Crippen molar-refractivity contribution in [2.75, 3.05) is 32.8 Å². The van der Waals surface area contributed by atoms with E-state index in [1.54, 1.807) is 24.3 Å². The second-order valence-electron chi connectivity index (χ2n) is 6.30. The molecule has 0 radical (unpaired) electrons. The Bertz CT molecular complexity index is 931. The molecule has 1 atom stereocenters. The highest BCUT2D eigenvalue weighted by atomic mass is 35.5. The summed E-state index contributed by atoms with van der Waals surface area (Å²) in [5.74, 6) is -0.495. The van der Waals surface area contributed by atoms with E-state index in [1.807, 2.05) is 6.07 Å². The van der Waals surface area contributed by atoms with Crippen LogP contribution in [0.3, 0.4) is 0 Å². The van der Waals surface area contributed by atoms with Gasteiger partial charge in [-0.3, -0.25) is 4.79 Å². The average Bonchev–Trinajstić information content (AvgIpc) is 2.73. The molecule has 0 spiro atoms. The maximum Gasteiger partial charge on any atom is 0.251 e. The molecule has 7 nitrogen and oxygen atoms in total. The van der Waals surface area contributed by atoms with Crippen molar-refractivity contribution in [1.29, 1.82) is 0 Å². The molecule has 0 bridgehead atoms. The molecule has 0 aliphatic carbocycles. The number of aliphatic hydroxyl groups is 1. The van der Waals surface area contributed by atoms with Gasteiger partial charge in [-0.05, 0) is 23.8 Å². The zero-order chi connectivity index (χ0) is 20.1. The minimum absolute atomic E-state index is 0.00296. The average molecular weight is 425 g/mol. The number of ether oxygens (including phenoxy) is 1. The van der Waals surface area contributed by atoms with E-state index >= 15 is 0 Å². The van der Waals surface area contributed by atoms with Gasteiger partial charge < -0.3 is 15.2 Å². The van der Waals surface area contributed by atoms with Crippen LogP contribution < -0.4 is 5.32 Å². The van der Waals surface area contributed by atoms with Crippen LogP contribution in [0.5, 0.6) is 0 Å². The summed E-state index contributed by atoms with van der Waals surface area (Å²) in [5, 5.41) is 12.8. The van der Waals surface area contributed by atoms with E-state index in [1.165, 1.54) is 22.5 Å². The van der Waals surface area contributed by atoms with Crippen molar-refractivity contribution < 1.29 is 23.1 Å². The van der Waals surface area contributed by atoms with Crippen LogP contribution in [0.1, 0.15) is 22.0 Å². The molecule has 9 heteroatoms. The maximum atomic E-state index is 12.8. The van der Waals surface area contributed by atoms with E-state index in [4.69, 9.17) is 16.3 Å². The van der Waals surface area contributed by atoms with E-state index in [-0.39, 0.29) is 35.1 Å². The number of sulfonamides is 1. The first-order valence-corrected chi connectivity index (χ1v) is 10.6. The Kier molecular flexibility index (Phi) is 6.69. The third-order valence-corrected chi connectivity index (χ3v) is 6.80. The van der Waals surface area contributed by atoms with Crippen molar-refractivity contribution in [3.8, 4) is 0 Å². The molecule has 0 saturated carbocycles. The molecule has 1 saturated heterocycles. The third kappa shape index (κ3) is 4.71. The molecule has 0 unspecified atom stereocenters. The highest BCUT2D eigenvalue weighted by Crippen LogP contribution is 2.26. The van der Waals surface area contributed by atoms with Crippen LogP contribution in [-0.2, 0) is 14.8 Å². The minimum Gasteiger partial charge on any atom is -0.387 e. The van der Waals surface area contributed by atoms with Crippen molar-refractivity contribution in [2.24, 2.45) is 0 Å². The number of amides is 1. The molecule has 3 rings (SSSR count). The van der Waals surface area contributed by atoms with Gasteiger partial charge in [-0.1, -0.05) is 41.9 Å². The number of benzene rings is 2. The number of carbonyl (C=O) groups excluding carboxylic acids is 1. The molecule has 1 aliphatic heterocycles. The standard InChI is InChI=1S/C19H21ClN2O5S/c20-16-7-6-15(12-18(16)28(25,26)22-8-10-27-11-9-22)19(24)21-13-17(23)14-4-2-1-3-5-14/h1-7,12,17,23H,8-11,13H2,(H,21,24)/t17-/m0/s1. The Labute approximate surface area is 168 Å². The fourth-order valence-corrected chi connectivity index (χ4v) is 4.76. The Morgan fingerprint density at radius 3 is 2.54 bits per heavy atom. The topological polar surface area (TPSA) is 95.9 Å². The normalized spacial score (nSPS) is 16.5. The zero-order valence-corrected chi connectivity index (χ0v) is 16.6. The zero-order valence-electron chi connectivity index (χ0n) is 15.0. The summed E-state index contributed by atoms with van der Waals surface area (Å²) in [6, 6.07) is 13.0. The first-order chi connectivity index (χ1) is 13.4. The van der Waals surface area contributed by atoms with Gasteiger partial charge in [-0.25, -0.2) is 8.42 Å². The van der Waals surface area contributed by atoms with Crippen LogP contribution in [0.25, 0.3) is 0 Å². The Hall–Kier alpha value is -1.97. The molecule has 2 N–H and O–H groups in total. The van der Waals surface area contributed by atoms with Gasteiger partial charge in [0.2, 0.25) is 10.0 Å². The Morgan fingerprint density at radius 1 is 1.18 bits per heavy atom. The highest BCUT2D eigenvalue weighted by Gasteiger charge is 2.29. The van der Waals surface area contributed by atoms with Crippen molar-refractivity contribution >= 4 is 27.5 Å². The van der Waals surface area contributed by atoms with Crippen LogP contribution in [-0.4, -0.2) is 56.6 Å². The number of nitrogens with one attached hydrogen (secondary N) is 1. The molecule has 0 aromatic heterocycles. The summed E-state index contributed by atoms with van der Waals surface area (Å²) in [6.07, 6.45) is -0.867. The van der Waals surface area contributed by atoms with Crippen LogP contribution in [0.4, 0.5) is 0 Å². The molecule has 150 valence electrons. The second kappa shape index (κ2) is 9.02. The first-order valence-electron chi connectivity index (χ1n) is 8.78. The molecule has 2 aromatic rings. The molecule has 28 heavy (non-hydrogen) atoms. The van der Waals surface area contributed by atoms with Gasteiger partial charge in [0.05, 0.1) is 24.3 Å². The van der Waals surface area contributed by atoms with Gasteiger partial charge in [0, 0.05) is 25.2 Å². The quantitative estimate of drug-likeness (QED) is 0.737. The van der Waals surface area contributed by atoms with Crippen LogP contribution in [0.15, 0.2) is 53.4 Å². The van der Waals surface area contributed by atoms with Crippen molar-refractivity contribution in [3.05, 3.63) is 64.7 Å². The van der Waals surface area contributed by atoms with E-state index in [0.717, 1.165) is 0 Å². The number of morpholine rings is 1. The summed E-state index contributed by atoms with van der Waals surface area (Å²) in [7, 11) is -3.83. The van der Waals surface area contributed by atoms with Gasteiger partial charge >= 0.3 is 0 Å². The summed E-state index contributed by atoms with van der Waals surface area (Å²) >= 11 is 6.10. The largest absolute Gasteiger partial charge is 0.387 e. The number of rotatable bonds is 6. The van der Waals surface area contributed by atoms with E-state index in [2.05, 4.69) is 5.32 Å². The van der Waals surface area contributed by atoms with Crippen LogP contribution in [0.2, 0.25) is 5.02 Å². The fourth-order valence-electron chi connectivity index (χ4n) is 2.85. The van der Waals surface area contributed by atoms with Gasteiger partial charge in [-0.15, -0.1) is 0 Å². The van der Waals surface area contributed by atoms with E-state index < -0.39 is 22.0 Å². The van der Waals surface area contributed by atoms with Gasteiger partial charge in [-0.2, -0.15) is 4.31 Å². The predicted molar refractivity (Wildman–Crippen MR) is 105 cm³/mol. The maximum absolute atomic E-state index is 12.8. The predicted octanol–water partition coefficient (Wildman–Crippen LogP) is 1.82. The lowest BCUT2D eigenvalue weighted by Gasteiger charge is -2.26. The van der Waals surface area contributed by atoms with E-state index in [0.29, 0.717) is 18.8 Å². The smallest absolute Gasteiger partial charge is 0.251 e. The van der Waals surface area contributed by atoms with Crippen molar-refractivity contribution in [1.82, 2.24) is 9.62 Å². The summed E-state index contributed by atoms with van der Waals surface area (Å²) in [4.78, 5) is 12.3. The molecule has 1 heterocycles. The van der Waals surface area contributed by atoms with Crippen molar-refractivity contribution in [3.63, 3.8) is 0 Å². The minimum atomic E-state index is -3.83. The van der Waals surface area contributed by atoms with Gasteiger partial charge in [0.1, 0.15) is 4.90 Å². The van der Waals surface area contributed by atoms with Crippen LogP contribution >= 0.6 is 11.6 Å². The molecule has 1 amide bonds. The first kappa shape index (κ1) is 20.8. The number of hydrogen-bond donors (Lipinski definition) is 2. The molecular weight excluding hydrogens is 404 g/mol. The molecule has 1 aliphatic rings. The fraction of sp³-hybridized carbons (Fsp3) is 0.316. The SMILES string of the molecule is O=C(NC[C@H](O)c1ccccc1)c1ccc(Cl)c(S(=O)(=O)N2CCOCC2)c1. The monoisotopic (exact) mass is 424 g/mol. The Balaban J connectivity index is 1.74. The number of halogens is 1. The van der Waals surface area contributed by atoms with Crippen LogP contribution in [0, 0.1) is 0 Å². The Morgan fingerprint density at radius 2 is 1.86 bits per heavy atom. The lowest BCUT2D eigenvalue weighted by atomic mass is 10.1. The van der Waals surface area contributed by atoms with Crippen molar-refractivity contribution in [2.45, 2.75) is 11.0 Å². The number of nitrogens with zero attached hydrogens (tertiary/aromatic N) is 1. The second-order valence-corrected chi connectivity index (χ2v) is 8.61. The lowest BCUT2D eigenvalue weighted by Crippen LogP contribution is -2.40. The molecule has 1 fully saturated rings. The number of aliphatic hydroxyl groups excluding tert-OH is 1. The van der Waals surface area contributed by atoms with Gasteiger partial charge in [0.15, 0.2) is 0 Å². The summed E-state index contributed by atoms with van der Waals surface area (Å²) < 4.78 is 32.2. The number of hydrogen-bond acceptors (Lipinski definition) is 5. The molecular formula is C19H21ClN2O5S. The summed E-state index contributed by atoms with van der Waals surface area (Å²) in [5.41, 5.74) is 0.825. The number of carbonyl (C=O) groups is 1. The third-order valence-electron chi connectivity index (χ3n) is 4.42. The van der Waals surface area contributed by atoms with Gasteiger partial charge in [0.25, 0.3) is 5.91 Å². The van der Waals surface area contributed by atoms with E-state index in [9.17, 15) is 18.3 Å². The highest BCUT2D eigenvalue weighted by molar-refractivity contribution is 7.89. The molecule has 2 aromatic carbocycles. The lowest BCUT2D eigenvalue weighted by molar-refractivity contribution is 0.0730. The summed E-state index contributed by atoms with van der Waals surface area (Å²) in [6.45, 7) is 1.09.